The van der Waals surface area contributed by atoms with Crippen molar-refractivity contribution in [2.45, 2.75) is 19.5 Å². The fourth-order valence-electron chi connectivity index (χ4n) is 3.60. The van der Waals surface area contributed by atoms with Gasteiger partial charge in [0.15, 0.2) is 0 Å². The zero-order valence-corrected chi connectivity index (χ0v) is 18.1. The zero-order chi connectivity index (χ0) is 23.8. The average Bonchev–Trinajstić information content (AvgIpc) is 2.80. The molecule has 1 aliphatic heterocycles. The molecule has 10 heteroatoms. The standard InChI is InChI=1S/C23H25F2N3O5/c1-32-14-20(29)26-16-8-10-17(11-9-16)27-21(30)15-5-4-12-28(13-15)22(31)18-6-2-3-7-19(18)33-23(24)25/h2-3,6-11,15,23H,4-5,12-14H2,1H3,(H,26,29)(H,27,30). The third-order valence-electron chi connectivity index (χ3n) is 5.12. The van der Waals surface area contributed by atoms with Gasteiger partial charge in [-0.05, 0) is 49.2 Å². The Morgan fingerprint density at radius 2 is 1.73 bits per heavy atom. The second-order valence-electron chi connectivity index (χ2n) is 7.51. The Morgan fingerprint density at radius 3 is 2.39 bits per heavy atom. The number of carbonyl (C=O) groups excluding carboxylic acids is 3. The Kier molecular flexibility index (Phi) is 8.31. The van der Waals surface area contributed by atoms with Crippen LogP contribution in [-0.4, -0.2) is 56.0 Å². The molecule has 1 fully saturated rings. The number of hydrogen-bond acceptors (Lipinski definition) is 5. The van der Waals surface area contributed by atoms with Crippen molar-refractivity contribution < 1.29 is 32.6 Å². The topological polar surface area (TPSA) is 97.0 Å². The predicted molar refractivity (Wildman–Crippen MR) is 117 cm³/mol. The quantitative estimate of drug-likeness (QED) is 0.629. The highest BCUT2D eigenvalue weighted by Crippen LogP contribution is 2.26. The number of benzene rings is 2. The molecule has 1 saturated heterocycles. The summed E-state index contributed by atoms with van der Waals surface area (Å²) in [5.41, 5.74) is 1.14. The van der Waals surface area contributed by atoms with E-state index < -0.39 is 18.4 Å². The summed E-state index contributed by atoms with van der Waals surface area (Å²) in [5, 5.41) is 5.47. The Hall–Kier alpha value is -3.53. The number of rotatable bonds is 8. The number of methoxy groups -OCH3 is 1. The molecule has 8 nitrogen and oxygen atoms in total. The van der Waals surface area contributed by atoms with E-state index in [1.54, 1.807) is 30.3 Å². The minimum atomic E-state index is -3.04. The van der Waals surface area contributed by atoms with Gasteiger partial charge >= 0.3 is 6.61 Å². The van der Waals surface area contributed by atoms with Gasteiger partial charge in [0.1, 0.15) is 12.4 Å². The minimum absolute atomic E-state index is 0.0324. The van der Waals surface area contributed by atoms with Gasteiger partial charge in [0.05, 0.1) is 11.5 Å². The lowest BCUT2D eigenvalue weighted by Crippen LogP contribution is -2.43. The fourth-order valence-corrected chi connectivity index (χ4v) is 3.60. The van der Waals surface area contributed by atoms with E-state index in [0.29, 0.717) is 30.8 Å². The summed E-state index contributed by atoms with van der Waals surface area (Å²) < 4.78 is 34.6. The SMILES string of the molecule is COCC(=O)Nc1ccc(NC(=O)C2CCCN(C(=O)c3ccccc3OC(F)F)C2)cc1. The lowest BCUT2D eigenvalue weighted by Gasteiger charge is -2.32. The number of anilines is 2. The maximum atomic E-state index is 12.9. The number of nitrogens with zero attached hydrogens (tertiary/aromatic N) is 1. The molecular formula is C23H25F2N3O5. The molecule has 0 aliphatic carbocycles. The largest absolute Gasteiger partial charge is 0.434 e. The highest BCUT2D eigenvalue weighted by atomic mass is 19.3. The van der Waals surface area contributed by atoms with Gasteiger partial charge in [-0.2, -0.15) is 8.78 Å². The highest BCUT2D eigenvalue weighted by molar-refractivity contribution is 5.98. The molecule has 3 rings (SSSR count). The highest BCUT2D eigenvalue weighted by Gasteiger charge is 2.30. The molecule has 176 valence electrons. The summed E-state index contributed by atoms with van der Waals surface area (Å²) in [4.78, 5) is 38.7. The number of nitrogens with one attached hydrogen (secondary N) is 2. The van der Waals surface area contributed by atoms with Gasteiger partial charge in [-0.15, -0.1) is 0 Å². The molecule has 0 aromatic heterocycles. The smallest absolute Gasteiger partial charge is 0.387 e. The van der Waals surface area contributed by atoms with Crippen molar-refractivity contribution in [3.05, 3.63) is 54.1 Å². The monoisotopic (exact) mass is 461 g/mol. The maximum Gasteiger partial charge on any atom is 0.387 e. The van der Waals surface area contributed by atoms with Gasteiger partial charge in [0, 0.05) is 31.6 Å². The summed E-state index contributed by atoms with van der Waals surface area (Å²) in [6.07, 6.45) is 1.20. The van der Waals surface area contributed by atoms with Crippen LogP contribution in [0.2, 0.25) is 0 Å². The molecule has 1 unspecified atom stereocenters. The van der Waals surface area contributed by atoms with Crippen molar-refractivity contribution in [2.75, 3.05) is 37.4 Å². The summed E-state index contributed by atoms with van der Waals surface area (Å²) in [7, 11) is 1.42. The van der Waals surface area contributed by atoms with Crippen LogP contribution in [-0.2, 0) is 14.3 Å². The van der Waals surface area contributed by atoms with E-state index in [4.69, 9.17) is 4.74 Å². The van der Waals surface area contributed by atoms with Crippen LogP contribution in [0.4, 0.5) is 20.2 Å². The first kappa shape index (κ1) is 24.1. The summed E-state index contributed by atoms with van der Waals surface area (Å²) >= 11 is 0. The van der Waals surface area contributed by atoms with Crippen molar-refractivity contribution in [3.8, 4) is 5.75 Å². The molecular weight excluding hydrogens is 436 g/mol. The number of para-hydroxylation sites is 1. The van der Waals surface area contributed by atoms with Gasteiger partial charge < -0.3 is 25.0 Å². The van der Waals surface area contributed by atoms with Crippen LogP contribution in [0.3, 0.4) is 0 Å². The number of hydrogen-bond donors (Lipinski definition) is 2. The van der Waals surface area contributed by atoms with Crippen LogP contribution in [0.25, 0.3) is 0 Å². The first-order valence-electron chi connectivity index (χ1n) is 10.4. The molecule has 33 heavy (non-hydrogen) atoms. The number of ether oxygens (including phenoxy) is 2. The van der Waals surface area contributed by atoms with E-state index in [9.17, 15) is 23.2 Å². The van der Waals surface area contributed by atoms with Gasteiger partial charge in [-0.1, -0.05) is 12.1 Å². The summed E-state index contributed by atoms with van der Waals surface area (Å²) in [5.74, 6) is -1.64. The van der Waals surface area contributed by atoms with E-state index in [0.717, 1.165) is 0 Å². The van der Waals surface area contributed by atoms with Gasteiger partial charge in [-0.3, -0.25) is 14.4 Å². The Morgan fingerprint density at radius 1 is 1.06 bits per heavy atom. The van der Waals surface area contributed by atoms with Crippen LogP contribution >= 0.6 is 0 Å². The fraction of sp³-hybridized carbons (Fsp3) is 0.348. The van der Waals surface area contributed by atoms with E-state index in [-0.39, 0.29) is 36.3 Å². The second-order valence-corrected chi connectivity index (χ2v) is 7.51. The third-order valence-corrected chi connectivity index (χ3v) is 5.12. The zero-order valence-electron chi connectivity index (χ0n) is 18.1. The summed E-state index contributed by atoms with van der Waals surface area (Å²) in [6.45, 7) is -2.52. The van der Waals surface area contributed by atoms with E-state index in [2.05, 4.69) is 15.4 Å². The molecule has 1 aliphatic rings. The van der Waals surface area contributed by atoms with E-state index in [1.807, 2.05) is 0 Å². The number of halogens is 2. The number of likely N-dealkylation sites (tertiary alicyclic amines) is 1. The number of alkyl halides is 2. The third kappa shape index (κ3) is 6.72. The molecule has 2 aromatic carbocycles. The van der Waals surface area contributed by atoms with Crippen LogP contribution < -0.4 is 15.4 Å². The van der Waals surface area contributed by atoms with Gasteiger partial charge in [0.25, 0.3) is 5.91 Å². The summed E-state index contributed by atoms with van der Waals surface area (Å²) in [6, 6.07) is 12.4. The predicted octanol–water partition coefficient (Wildman–Crippen LogP) is 3.36. The van der Waals surface area contributed by atoms with Gasteiger partial charge in [-0.25, -0.2) is 0 Å². The van der Waals surface area contributed by atoms with Crippen molar-refractivity contribution in [2.24, 2.45) is 5.92 Å². The number of amides is 3. The lowest BCUT2D eigenvalue weighted by atomic mass is 9.96. The normalized spacial score (nSPS) is 15.8. The first-order chi connectivity index (χ1) is 15.9. The van der Waals surface area contributed by atoms with Gasteiger partial charge in [0.2, 0.25) is 11.8 Å². The molecule has 0 spiro atoms. The molecule has 2 N–H and O–H groups in total. The molecule has 0 bridgehead atoms. The van der Waals surface area contributed by atoms with Crippen LogP contribution in [0.1, 0.15) is 23.2 Å². The van der Waals surface area contributed by atoms with Crippen LogP contribution in [0.15, 0.2) is 48.5 Å². The molecule has 0 radical (unpaired) electrons. The minimum Gasteiger partial charge on any atom is -0.434 e. The van der Waals surface area contributed by atoms with Crippen molar-refractivity contribution in [3.63, 3.8) is 0 Å². The average molecular weight is 461 g/mol. The van der Waals surface area contributed by atoms with Crippen LogP contribution in [0, 0.1) is 5.92 Å². The van der Waals surface area contributed by atoms with E-state index in [1.165, 1.54) is 30.2 Å². The second kappa shape index (κ2) is 11.4. The van der Waals surface area contributed by atoms with E-state index >= 15 is 0 Å². The van der Waals surface area contributed by atoms with Crippen molar-refractivity contribution in [1.82, 2.24) is 4.90 Å². The maximum absolute atomic E-state index is 12.9. The lowest BCUT2D eigenvalue weighted by molar-refractivity contribution is -0.121. The molecule has 1 heterocycles. The number of carbonyl (C=O) groups is 3. The Bertz CT molecular complexity index is 984. The number of piperidine rings is 1. The molecule has 1 atom stereocenters. The van der Waals surface area contributed by atoms with Crippen LogP contribution in [0.5, 0.6) is 5.75 Å². The molecule has 3 amide bonds. The molecule has 0 saturated carbocycles. The van der Waals surface area contributed by atoms with Crippen molar-refractivity contribution in [1.29, 1.82) is 0 Å². The Labute approximate surface area is 189 Å². The first-order valence-corrected chi connectivity index (χ1v) is 10.4. The van der Waals surface area contributed by atoms with Crippen molar-refractivity contribution >= 4 is 29.1 Å². The molecule has 2 aromatic rings. The Balaban J connectivity index is 1.61.